The summed E-state index contributed by atoms with van der Waals surface area (Å²) in [5.41, 5.74) is 22.9. The summed E-state index contributed by atoms with van der Waals surface area (Å²) in [6.45, 7) is 13.2. The lowest BCUT2D eigenvalue weighted by molar-refractivity contribution is 1.36. The molecule has 0 heteroatoms. The molecule has 0 spiro atoms. The third kappa shape index (κ3) is 6.27. The average Bonchev–Trinajstić information content (AvgIpc) is 3.09. The Kier molecular flexibility index (Phi) is 8.42. The molecular weight excluding hydrogens is 577 g/mol. The normalized spacial score (nSPS) is 11.1. The zero-order valence-corrected chi connectivity index (χ0v) is 28.9. The van der Waals surface area contributed by atoms with Crippen molar-refractivity contribution in [2.24, 2.45) is 0 Å². The third-order valence-corrected chi connectivity index (χ3v) is 9.73. The van der Waals surface area contributed by atoms with Gasteiger partial charge in [-0.15, -0.1) is 0 Å². The van der Waals surface area contributed by atoms with Crippen molar-refractivity contribution in [3.63, 3.8) is 0 Å². The first kappa shape index (κ1) is 31.2. The molecule has 0 saturated heterocycles. The van der Waals surface area contributed by atoms with E-state index in [1.165, 1.54) is 100 Å². The highest BCUT2D eigenvalue weighted by molar-refractivity contribution is 5.82. The van der Waals surface area contributed by atoms with Gasteiger partial charge in [-0.2, -0.15) is 0 Å². The number of hydrogen-bond donors (Lipinski definition) is 0. The van der Waals surface area contributed by atoms with Crippen LogP contribution in [-0.4, -0.2) is 0 Å². The molecule has 0 aromatic heterocycles. The van der Waals surface area contributed by atoms with Crippen molar-refractivity contribution >= 4 is 0 Å². The van der Waals surface area contributed by atoms with Gasteiger partial charge in [0.05, 0.1) is 0 Å². The van der Waals surface area contributed by atoms with Crippen molar-refractivity contribution in [1.82, 2.24) is 0 Å². The fourth-order valence-electron chi connectivity index (χ4n) is 7.18. The Bertz CT molecular complexity index is 2000. The molecule has 0 nitrogen and oxygen atoms in total. The molecule has 0 atom stereocenters. The molecule has 0 aliphatic rings. The van der Waals surface area contributed by atoms with Crippen LogP contribution >= 0.6 is 0 Å². The molecule has 7 rings (SSSR count). The van der Waals surface area contributed by atoms with Gasteiger partial charge in [0.15, 0.2) is 0 Å². The standard InChI is InChI=1S/C48H42/c1-31-7-11-37(12-8-31)39-15-19-41(20-16-39)45-27-33(3)47(34(4)28-45)43-23-25-44(26-24-43)48-35(5)29-46(30-36(48)6)42-21-17-40(18-22-42)38-13-9-32(2)10-14-38/h7-30H,1-6H3. The first-order valence-corrected chi connectivity index (χ1v) is 16.9. The smallest absolute Gasteiger partial charge is 0.0125 e. The van der Waals surface area contributed by atoms with Crippen LogP contribution < -0.4 is 0 Å². The minimum Gasteiger partial charge on any atom is -0.0587 e. The fourth-order valence-corrected chi connectivity index (χ4v) is 7.18. The van der Waals surface area contributed by atoms with E-state index in [2.05, 4.69) is 187 Å². The average molecular weight is 619 g/mol. The maximum atomic E-state index is 2.33. The molecule has 7 aromatic carbocycles. The molecule has 0 saturated carbocycles. The lowest BCUT2D eigenvalue weighted by Crippen LogP contribution is -1.93. The Morgan fingerprint density at radius 1 is 0.208 bits per heavy atom. The van der Waals surface area contributed by atoms with Crippen LogP contribution in [0.1, 0.15) is 33.4 Å². The van der Waals surface area contributed by atoms with Gasteiger partial charge in [-0.1, -0.05) is 157 Å². The van der Waals surface area contributed by atoms with Gasteiger partial charge in [-0.05, 0) is 131 Å². The number of hydrogen-bond acceptors (Lipinski definition) is 0. The minimum absolute atomic E-state index is 1.25. The van der Waals surface area contributed by atoms with E-state index in [1.54, 1.807) is 0 Å². The summed E-state index contributed by atoms with van der Waals surface area (Å²) in [5, 5.41) is 0. The van der Waals surface area contributed by atoms with Gasteiger partial charge < -0.3 is 0 Å². The van der Waals surface area contributed by atoms with Crippen LogP contribution in [0.15, 0.2) is 146 Å². The molecule has 234 valence electrons. The second kappa shape index (κ2) is 13.0. The highest BCUT2D eigenvalue weighted by Crippen LogP contribution is 2.37. The maximum absolute atomic E-state index is 2.33. The van der Waals surface area contributed by atoms with Crippen molar-refractivity contribution in [1.29, 1.82) is 0 Å². The Hall–Kier alpha value is -5.46. The summed E-state index contributed by atoms with van der Waals surface area (Å²) in [6.07, 6.45) is 0. The van der Waals surface area contributed by atoms with Crippen molar-refractivity contribution in [3.8, 4) is 66.8 Å². The van der Waals surface area contributed by atoms with Gasteiger partial charge in [0, 0.05) is 0 Å². The Balaban J connectivity index is 1.11. The Labute approximate surface area is 286 Å². The molecule has 0 amide bonds. The predicted octanol–water partition coefficient (Wildman–Crippen LogP) is 13.5. The van der Waals surface area contributed by atoms with Crippen LogP contribution in [0.4, 0.5) is 0 Å². The predicted molar refractivity (Wildman–Crippen MR) is 207 cm³/mol. The summed E-state index contributed by atoms with van der Waals surface area (Å²) >= 11 is 0. The Morgan fingerprint density at radius 3 is 0.646 bits per heavy atom. The first-order valence-electron chi connectivity index (χ1n) is 16.9. The number of aryl methyl sites for hydroxylation is 6. The van der Waals surface area contributed by atoms with Gasteiger partial charge in [0.25, 0.3) is 0 Å². The molecule has 0 aliphatic carbocycles. The second-order valence-corrected chi connectivity index (χ2v) is 13.4. The zero-order chi connectivity index (χ0) is 33.4. The second-order valence-electron chi connectivity index (χ2n) is 13.4. The lowest BCUT2D eigenvalue weighted by Gasteiger charge is -2.16. The van der Waals surface area contributed by atoms with Crippen molar-refractivity contribution in [2.45, 2.75) is 41.5 Å². The van der Waals surface area contributed by atoms with E-state index in [0.29, 0.717) is 0 Å². The van der Waals surface area contributed by atoms with E-state index in [0.717, 1.165) is 0 Å². The van der Waals surface area contributed by atoms with Gasteiger partial charge >= 0.3 is 0 Å². The molecule has 0 aliphatic heterocycles. The monoisotopic (exact) mass is 618 g/mol. The van der Waals surface area contributed by atoms with E-state index < -0.39 is 0 Å². The minimum atomic E-state index is 1.25. The molecule has 0 bridgehead atoms. The summed E-state index contributed by atoms with van der Waals surface area (Å²) in [4.78, 5) is 0. The van der Waals surface area contributed by atoms with Gasteiger partial charge in [-0.25, -0.2) is 0 Å². The van der Waals surface area contributed by atoms with E-state index in [4.69, 9.17) is 0 Å². The van der Waals surface area contributed by atoms with Gasteiger partial charge in [-0.3, -0.25) is 0 Å². The van der Waals surface area contributed by atoms with E-state index in [9.17, 15) is 0 Å². The molecule has 0 N–H and O–H groups in total. The van der Waals surface area contributed by atoms with Crippen molar-refractivity contribution in [3.05, 3.63) is 179 Å². The highest BCUT2D eigenvalue weighted by Gasteiger charge is 2.13. The quantitative estimate of drug-likeness (QED) is 0.174. The molecule has 0 unspecified atom stereocenters. The number of rotatable bonds is 6. The first-order chi connectivity index (χ1) is 23.2. The highest BCUT2D eigenvalue weighted by atomic mass is 14.2. The zero-order valence-electron chi connectivity index (χ0n) is 28.9. The fraction of sp³-hybridized carbons (Fsp3) is 0.125. The number of benzene rings is 7. The van der Waals surface area contributed by atoms with Crippen LogP contribution in [0.3, 0.4) is 0 Å². The Morgan fingerprint density at radius 2 is 0.396 bits per heavy atom. The lowest BCUT2D eigenvalue weighted by atomic mass is 9.88. The summed E-state index contributed by atoms with van der Waals surface area (Å²) in [5.74, 6) is 0. The molecule has 0 radical (unpaired) electrons. The molecule has 0 heterocycles. The molecule has 0 fully saturated rings. The summed E-state index contributed by atoms with van der Waals surface area (Å²) in [6, 6.07) is 53.9. The molecule has 48 heavy (non-hydrogen) atoms. The van der Waals surface area contributed by atoms with E-state index in [1.807, 2.05) is 0 Å². The summed E-state index contributed by atoms with van der Waals surface area (Å²) in [7, 11) is 0. The van der Waals surface area contributed by atoms with Gasteiger partial charge in [0.1, 0.15) is 0 Å². The van der Waals surface area contributed by atoms with Crippen LogP contribution in [0.2, 0.25) is 0 Å². The van der Waals surface area contributed by atoms with E-state index in [-0.39, 0.29) is 0 Å². The largest absolute Gasteiger partial charge is 0.0587 e. The van der Waals surface area contributed by atoms with Crippen LogP contribution in [0, 0.1) is 41.5 Å². The van der Waals surface area contributed by atoms with Crippen molar-refractivity contribution < 1.29 is 0 Å². The topological polar surface area (TPSA) is 0 Å². The van der Waals surface area contributed by atoms with Crippen LogP contribution in [-0.2, 0) is 0 Å². The maximum Gasteiger partial charge on any atom is -0.0125 e. The molecular formula is C48H42. The SMILES string of the molecule is Cc1ccc(-c2ccc(-c3cc(C)c(-c4ccc(-c5c(C)cc(-c6ccc(-c7ccc(C)cc7)cc6)cc5C)cc4)c(C)c3)cc2)cc1. The van der Waals surface area contributed by atoms with Crippen LogP contribution in [0.25, 0.3) is 66.8 Å². The van der Waals surface area contributed by atoms with E-state index >= 15 is 0 Å². The third-order valence-electron chi connectivity index (χ3n) is 9.73. The van der Waals surface area contributed by atoms with Gasteiger partial charge in [0.2, 0.25) is 0 Å². The van der Waals surface area contributed by atoms with Crippen molar-refractivity contribution in [2.75, 3.05) is 0 Å². The molecule has 7 aromatic rings. The summed E-state index contributed by atoms with van der Waals surface area (Å²) < 4.78 is 0. The van der Waals surface area contributed by atoms with Crippen LogP contribution in [0.5, 0.6) is 0 Å².